The molecule has 0 aliphatic heterocycles. The Balaban J connectivity index is 2.05. The van der Waals surface area contributed by atoms with Crippen LogP contribution in [0.15, 0.2) is 23.4 Å². The van der Waals surface area contributed by atoms with Crippen LogP contribution >= 0.6 is 35.0 Å². The van der Waals surface area contributed by atoms with Gasteiger partial charge in [-0.3, -0.25) is 4.79 Å². The molecule has 1 aromatic heterocycles. The first-order valence-corrected chi connectivity index (χ1v) is 8.82. The number of amides is 1. The third-order valence-corrected chi connectivity index (χ3v) is 4.53. The van der Waals surface area contributed by atoms with Gasteiger partial charge in [-0.05, 0) is 24.6 Å². The first-order valence-electron chi connectivity index (χ1n) is 7.08. The largest absolute Gasteiger partial charge is 0.355 e. The van der Waals surface area contributed by atoms with Crippen molar-refractivity contribution >= 4 is 40.9 Å². The summed E-state index contributed by atoms with van der Waals surface area (Å²) in [5.74, 6) is 6.56. The molecule has 6 nitrogen and oxygen atoms in total. The highest BCUT2D eigenvalue weighted by molar-refractivity contribution is 7.99. The molecule has 0 spiro atoms. The number of thioether (sulfide) groups is 1. The number of unbranched alkanes of at least 4 members (excludes halogenated alkanes) is 1. The third-order valence-electron chi connectivity index (χ3n) is 3.02. The van der Waals surface area contributed by atoms with E-state index >= 15 is 0 Å². The van der Waals surface area contributed by atoms with Crippen LogP contribution in [0.1, 0.15) is 19.8 Å². The Morgan fingerprint density at radius 3 is 2.91 bits per heavy atom. The average Bonchev–Trinajstić information content (AvgIpc) is 2.89. The molecular weight excluding hydrogens is 357 g/mol. The zero-order chi connectivity index (χ0) is 16.8. The van der Waals surface area contributed by atoms with Crippen molar-refractivity contribution in [1.29, 1.82) is 0 Å². The molecule has 0 saturated heterocycles. The molecule has 0 bridgehead atoms. The van der Waals surface area contributed by atoms with Crippen molar-refractivity contribution in [1.82, 2.24) is 20.2 Å². The van der Waals surface area contributed by atoms with E-state index in [0.29, 0.717) is 33.1 Å². The Morgan fingerprint density at radius 1 is 1.39 bits per heavy atom. The fraction of sp³-hybridized carbons (Fsp3) is 0.357. The summed E-state index contributed by atoms with van der Waals surface area (Å²) in [7, 11) is 0. The molecule has 0 aliphatic rings. The van der Waals surface area contributed by atoms with Gasteiger partial charge >= 0.3 is 0 Å². The minimum atomic E-state index is -0.0613. The predicted octanol–water partition coefficient (Wildman–Crippen LogP) is 2.97. The highest BCUT2D eigenvalue weighted by Crippen LogP contribution is 2.30. The van der Waals surface area contributed by atoms with Crippen LogP contribution in [0.2, 0.25) is 10.0 Å². The van der Waals surface area contributed by atoms with Crippen molar-refractivity contribution in [2.75, 3.05) is 18.1 Å². The van der Waals surface area contributed by atoms with E-state index in [1.807, 2.05) is 0 Å². The summed E-state index contributed by atoms with van der Waals surface area (Å²) in [6, 6.07) is 5.02. The van der Waals surface area contributed by atoms with E-state index in [1.54, 1.807) is 18.2 Å². The van der Waals surface area contributed by atoms with Gasteiger partial charge < -0.3 is 11.2 Å². The van der Waals surface area contributed by atoms with Gasteiger partial charge in [0.25, 0.3) is 0 Å². The quantitative estimate of drug-likeness (QED) is 0.442. The SMILES string of the molecule is CCCCNC(=O)CSc1nnc(-c2cc(Cl)ccc2Cl)n1N. The van der Waals surface area contributed by atoms with E-state index in [2.05, 4.69) is 22.4 Å². The van der Waals surface area contributed by atoms with Crippen molar-refractivity contribution in [3.8, 4) is 11.4 Å². The molecule has 1 aromatic carbocycles. The van der Waals surface area contributed by atoms with E-state index in [1.165, 1.54) is 16.4 Å². The molecule has 2 aromatic rings. The lowest BCUT2D eigenvalue weighted by Crippen LogP contribution is -2.26. The molecular formula is C14H17Cl2N5OS. The van der Waals surface area contributed by atoms with Gasteiger partial charge in [0.05, 0.1) is 10.8 Å². The molecule has 124 valence electrons. The number of nitrogen functional groups attached to an aromatic ring is 1. The summed E-state index contributed by atoms with van der Waals surface area (Å²) in [5.41, 5.74) is 0.591. The standard InChI is InChI=1S/C14H17Cl2N5OS/c1-2-3-6-18-12(22)8-23-14-20-19-13(21(14)17)10-7-9(15)4-5-11(10)16/h4-5,7H,2-3,6,8,17H2,1H3,(H,18,22). The number of halogens is 2. The topological polar surface area (TPSA) is 85.8 Å². The lowest BCUT2D eigenvalue weighted by Gasteiger charge is -2.06. The predicted molar refractivity (Wildman–Crippen MR) is 94.3 cm³/mol. The lowest BCUT2D eigenvalue weighted by molar-refractivity contribution is -0.118. The summed E-state index contributed by atoms with van der Waals surface area (Å²) < 4.78 is 1.31. The Labute approximate surface area is 148 Å². The minimum absolute atomic E-state index is 0.0613. The molecule has 0 fully saturated rings. The molecule has 9 heteroatoms. The second-order valence-electron chi connectivity index (χ2n) is 4.79. The van der Waals surface area contributed by atoms with Crippen molar-refractivity contribution in [2.24, 2.45) is 0 Å². The molecule has 23 heavy (non-hydrogen) atoms. The number of hydrogen-bond donors (Lipinski definition) is 2. The molecule has 3 N–H and O–H groups in total. The van der Waals surface area contributed by atoms with Gasteiger partial charge in [-0.25, -0.2) is 4.68 Å². The summed E-state index contributed by atoms with van der Waals surface area (Å²) in [6.07, 6.45) is 2.00. The van der Waals surface area contributed by atoms with Crippen LogP contribution in [-0.2, 0) is 4.79 Å². The van der Waals surface area contributed by atoms with Crippen LogP contribution in [0.5, 0.6) is 0 Å². The molecule has 0 radical (unpaired) electrons. The lowest BCUT2D eigenvalue weighted by atomic mass is 10.2. The van der Waals surface area contributed by atoms with Gasteiger partial charge in [-0.2, -0.15) is 0 Å². The minimum Gasteiger partial charge on any atom is -0.355 e. The number of hydrogen-bond acceptors (Lipinski definition) is 5. The molecule has 1 heterocycles. The monoisotopic (exact) mass is 373 g/mol. The summed E-state index contributed by atoms with van der Waals surface area (Å²) in [5, 5.41) is 12.3. The number of carbonyl (C=O) groups excluding carboxylic acids is 1. The van der Waals surface area contributed by atoms with Gasteiger partial charge in [-0.1, -0.05) is 48.3 Å². The normalized spacial score (nSPS) is 10.7. The molecule has 2 rings (SSSR count). The smallest absolute Gasteiger partial charge is 0.230 e. The highest BCUT2D eigenvalue weighted by atomic mass is 35.5. The number of aromatic nitrogens is 3. The van der Waals surface area contributed by atoms with Crippen molar-refractivity contribution < 1.29 is 4.79 Å². The Hall–Kier alpha value is -1.44. The maximum atomic E-state index is 11.7. The van der Waals surface area contributed by atoms with Crippen LogP contribution in [0, 0.1) is 0 Å². The van der Waals surface area contributed by atoms with Crippen molar-refractivity contribution in [3.63, 3.8) is 0 Å². The van der Waals surface area contributed by atoms with Crippen LogP contribution in [0.3, 0.4) is 0 Å². The maximum Gasteiger partial charge on any atom is 0.230 e. The van der Waals surface area contributed by atoms with E-state index in [0.717, 1.165) is 12.8 Å². The number of benzene rings is 1. The summed E-state index contributed by atoms with van der Waals surface area (Å²) in [4.78, 5) is 11.7. The van der Waals surface area contributed by atoms with Crippen LogP contribution in [0.25, 0.3) is 11.4 Å². The van der Waals surface area contributed by atoms with E-state index in [9.17, 15) is 4.79 Å². The average molecular weight is 374 g/mol. The number of nitrogens with zero attached hydrogens (tertiary/aromatic N) is 3. The first-order chi connectivity index (χ1) is 11.0. The Bertz CT molecular complexity index is 692. The summed E-state index contributed by atoms with van der Waals surface area (Å²) >= 11 is 13.3. The van der Waals surface area contributed by atoms with Crippen molar-refractivity contribution in [2.45, 2.75) is 24.9 Å². The Morgan fingerprint density at radius 2 is 2.17 bits per heavy atom. The Kier molecular flexibility index (Phi) is 6.56. The van der Waals surface area contributed by atoms with Gasteiger partial charge in [0, 0.05) is 17.1 Å². The molecule has 0 atom stereocenters. The fourth-order valence-corrected chi connectivity index (χ4v) is 2.87. The molecule has 1 amide bonds. The summed E-state index contributed by atoms with van der Waals surface area (Å²) in [6.45, 7) is 2.74. The highest BCUT2D eigenvalue weighted by Gasteiger charge is 2.16. The molecule has 0 unspecified atom stereocenters. The van der Waals surface area contributed by atoms with E-state index < -0.39 is 0 Å². The van der Waals surface area contributed by atoms with E-state index in [-0.39, 0.29) is 11.7 Å². The first kappa shape index (κ1) is 17.9. The van der Waals surface area contributed by atoms with Gasteiger partial charge in [0.15, 0.2) is 5.82 Å². The van der Waals surface area contributed by atoms with Gasteiger partial charge in [0.1, 0.15) is 0 Å². The number of carbonyl (C=O) groups is 1. The third kappa shape index (κ3) is 4.76. The zero-order valence-corrected chi connectivity index (χ0v) is 14.9. The van der Waals surface area contributed by atoms with Crippen LogP contribution < -0.4 is 11.2 Å². The fourth-order valence-electron chi connectivity index (χ4n) is 1.81. The van der Waals surface area contributed by atoms with Gasteiger partial charge in [0.2, 0.25) is 11.1 Å². The number of nitrogens with two attached hydrogens (primary N) is 1. The second kappa shape index (κ2) is 8.42. The zero-order valence-electron chi connectivity index (χ0n) is 12.6. The van der Waals surface area contributed by atoms with E-state index in [4.69, 9.17) is 29.0 Å². The van der Waals surface area contributed by atoms with Crippen molar-refractivity contribution in [3.05, 3.63) is 28.2 Å². The maximum absolute atomic E-state index is 11.7. The van der Waals surface area contributed by atoms with Crippen LogP contribution in [-0.4, -0.2) is 33.1 Å². The molecule has 0 saturated carbocycles. The van der Waals surface area contributed by atoms with Gasteiger partial charge in [-0.15, -0.1) is 10.2 Å². The number of nitrogens with one attached hydrogen (secondary N) is 1. The number of rotatable bonds is 7. The molecule has 0 aliphatic carbocycles. The van der Waals surface area contributed by atoms with Crippen LogP contribution in [0.4, 0.5) is 0 Å². The second-order valence-corrected chi connectivity index (χ2v) is 6.58.